The second kappa shape index (κ2) is 6.19. The SMILES string of the molecule is CC(C(=O)O)S(=O)(=O)NCCc1cccc2cccnc12. The maximum absolute atomic E-state index is 11.7. The van der Waals surface area contributed by atoms with Crippen molar-refractivity contribution in [1.29, 1.82) is 0 Å². The average Bonchev–Trinajstić information content (AvgIpc) is 2.46. The highest BCUT2D eigenvalue weighted by molar-refractivity contribution is 7.90. The number of para-hydroxylation sites is 1. The molecule has 1 atom stereocenters. The second-order valence-corrected chi connectivity index (χ2v) is 6.75. The average molecular weight is 308 g/mol. The van der Waals surface area contributed by atoms with Crippen LogP contribution in [-0.2, 0) is 21.2 Å². The van der Waals surface area contributed by atoms with E-state index in [0.29, 0.717) is 6.42 Å². The van der Waals surface area contributed by atoms with Gasteiger partial charge >= 0.3 is 5.97 Å². The summed E-state index contributed by atoms with van der Waals surface area (Å²) < 4.78 is 25.8. The quantitative estimate of drug-likeness (QED) is 0.835. The van der Waals surface area contributed by atoms with Gasteiger partial charge in [-0.3, -0.25) is 9.78 Å². The van der Waals surface area contributed by atoms with Crippen molar-refractivity contribution in [2.75, 3.05) is 6.54 Å². The van der Waals surface area contributed by atoms with Gasteiger partial charge in [0.25, 0.3) is 0 Å². The minimum Gasteiger partial charge on any atom is -0.480 e. The predicted molar refractivity (Wildman–Crippen MR) is 79.5 cm³/mol. The van der Waals surface area contributed by atoms with E-state index in [2.05, 4.69) is 9.71 Å². The number of nitrogens with one attached hydrogen (secondary N) is 1. The Labute approximate surface area is 122 Å². The van der Waals surface area contributed by atoms with Crippen molar-refractivity contribution in [1.82, 2.24) is 9.71 Å². The summed E-state index contributed by atoms with van der Waals surface area (Å²) in [5, 5.41) is 8.26. The van der Waals surface area contributed by atoms with E-state index in [1.807, 2.05) is 30.3 Å². The van der Waals surface area contributed by atoms with Crippen molar-refractivity contribution in [2.45, 2.75) is 18.6 Å². The van der Waals surface area contributed by atoms with Crippen LogP contribution in [0.3, 0.4) is 0 Å². The number of aromatic nitrogens is 1. The van der Waals surface area contributed by atoms with E-state index in [9.17, 15) is 13.2 Å². The molecule has 1 heterocycles. The Kier molecular flexibility index (Phi) is 4.54. The van der Waals surface area contributed by atoms with Gasteiger partial charge in [-0.15, -0.1) is 0 Å². The molecule has 0 bridgehead atoms. The molecular formula is C14H16N2O4S. The van der Waals surface area contributed by atoms with Crippen LogP contribution in [0, 0.1) is 0 Å². The fourth-order valence-electron chi connectivity index (χ4n) is 1.95. The lowest BCUT2D eigenvalue weighted by atomic mass is 10.1. The highest BCUT2D eigenvalue weighted by atomic mass is 32.2. The van der Waals surface area contributed by atoms with Gasteiger partial charge in [0.15, 0.2) is 5.25 Å². The first kappa shape index (κ1) is 15.4. The Morgan fingerprint density at radius 3 is 2.76 bits per heavy atom. The number of hydrogen-bond donors (Lipinski definition) is 2. The van der Waals surface area contributed by atoms with Crippen LogP contribution in [0.2, 0.25) is 0 Å². The van der Waals surface area contributed by atoms with Gasteiger partial charge in [-0.2, -0.15) is 0 Å². The van der Waals surface area contributed by atoms with Crippen LogP contribution >= 0.6 is 0 Å². The molecule has 0 amide bonds. The lowest BCUT2D eigenvalue weighted by Crippen LogP contribution is -2.38. The first-order valence-corrected chi connectivity index (χ1v) is 8.00. The molecule has 21 heavy (non-hydrogen) atoms. The van der Waals surface area contributed by atoms with Crippen molar-refractivity contribution in [3.05, 3.63) is 42.1 Å². The van der Waals surface area contributed by atoms with Gasteiger partial charge in [0, 0.05) is 18.1 Å². The van der Waals surface area contributed by atoms with Crippen LogP contribution in [-0.4, -0.2) is 36.3 Å². The number of aliphatic carboxylic acids is 1. The normalized spacial score (nSPS) is 13.2. The molecule has 1 aromatic carbocycles. The van der Waals surface area contributed by atoms with Gasteiger partial charge in [0.1, 0.15) is 0 Å². The van der Waals surface area contributed by atoms with E-state index >= 15 is 0 Å². The molecule has 2 rings (SSSR count). The molecule has 0 saturated heterocycles. The van der Waals surface area contributed by atoms with E-state index in [-0.39, 0.29) is 6.54 Å². The fourth-order valence-corrected chi connectivity index (χ4v) is 2.86. The highest BCUT2D eigenvalue weighted by Crippen LogP contribution is 2.16. The number of carbonyl (C=O) groups is 1. The Bertz CT molecular complexity index is 753. The summed E-state index contributed by atoms with van der Waals surface area (Å²) in [4.78, 5) is 15.0. The Morgan fingerprint density at radius 1 is 1.33 bits per heavy atom. The molecule has 7 heteroatoms. The third-order valence-corrected chi connectivity index (χ3v) is 4.97. The third-order valence-electron chi connectivity index (χ3n) is 3.23. The lowest BCUT2D eigenvalue weighted by Gasteiger charge is -2.10. The molecule has 0 aliphatic heterocycles. The molecule has 6 nitrogen and oxygen atoms in total. The molecule has 112 valence electrons. The largest absolute Gasteiger partial charge is 0.480 e. The van der Waals surface area contributed by atoms with Crippen LogP contribution in [0.4, 0.5) is 0 Å². The molecule has 0 radical (unpaired) electrons. The number of pyridine rings is 1. The smallest absolute Gasteiger partial charge is 0.323 e. The summed E-state index contributed by atoms with van der Waals surface area (Å²) in [5.74, 6) is -1.37. The molecule has 0 fully saturated rings. The third kappa shape index (κ3) is 3.56. The first-order chi connectivity index (χ1) is 9.92. The summed E-state index contributed by atoms with van der Waals surface area (Å²) >= 11 is 0. The zero-order valence-electron chi connectivity index (χ0n) is 11.5. The van der Waals surface area contributed by atoms with E-state index in [4.69, 9.17) is 5.11 Å². The number of carboxylic acid groups (broad SMARTS) is 1. The summed E-state index contributed by atoms with van der Waals surface area (Å²) in [6, 6.07) is 9.46. The second-order valence-electron chi connectivity index (χ2n) is 4.66. The number of fused-ring (bicyclic) bond motifs is 1. The number of nitrogens with zero attached hydrogens (tertiary/aromatic N) is 1. The standard InChI is InChI=1S/C14H16N2O4S/c1-10(14(17)18)21(19,20)16-9-7-12-5-2-4-11-6-3-8-15-13(11)12/h2-6,8,10,16H,7,9H2,1H3,(H,17,18). The maximum Gasteiger partial charge on any atom is 0.323 e. The van der Waals surface area contributed by atoms with Crippen molar-refractivity contribution < 1.29 is 18.3 Å². The predicted octanol–water partition coefficient (Wildman–Crippen LogP) is 1.17. The van der Waals surface area contributed by atoms with Crippen molar-refractivity contribution in [3.63, 3.8) is 0 Å². The summed E-state index contributed by atoms with van der Waals surface area (Å²) in [6.07, 6.45) is 2.13. The van der Waals surface area contributed by atoms with Crippen molar-refractivity contribution >= 4 is 26.9 Å². The minimum absolute atomic E-state index is 0.135. The summed E-state index contributed by atoms with van der Waals surface area (Å²) in [5.41, 5.74) is 1.74. The van der Waals surface area contributed by atoms with E-state index in [0.717, 1.165) is 23.4 Å². The molecular weight excluding hydrogens is 292 g/mol. The summed E-state index contributed by atoms with van der Waals surface area (Å²) in [7, 11) is -3.85. The van der Waals surface area contributed by atoms with Gasteiger partial charge in [0.05, 0.1) is 5.52 Å². The molecule has 0 aliphatic carbocycles. The van der Waals surface area contributed by atoms with E-state index < -0.39 is 21.2 Å². The Hall–Kier alpha value is -1.99. The zero-order chi connectivity index (χ0) is 15.5. The fraction of sp³-hybridized carbons (Fsp3) is 0.286. The monoisotopic (exact) mass is 308 g/mol. The van der Waals surface area contributed by atoms with Crippen molar-refractivity contribution in [3.8, 4) is 0 Å². The van der Waals surface area contributed by atoms with Gasteiger partial charge in [-0.05, 0) is 25.0 Å². The molecule has 2 N–H and O–H groups in total. The topological polar surface area (TPSA) is 96.4 Å². The zero-order valence-corrected chi connectivity index (χ0v) is 12.3. The molecule has 0 spiro atoms. The first-order valence-electron chi connectivity index (χ1n) is 6.46. The van der Waals surface area contributed by atoms with Crippen LogP contribution < -0.4 is 4.72 Å². The highest BCUT2D eigenvalue weighted by Gasteiger charge is 2.26. The number of sulfonamides is 1. The maximum atomic E-state index is 11.7. The van der Waals surface area contributed by atoms with Gasteiger partial charge < -0.3 is 5.11 Å². The van der Waals surface area contributed by atoms with E-state index in [1.165, 1.54) is 0 Å². The Balaban J connectivity index is 2.08. The number of hydrogen-bond acceptors (Lipinski definition) is 4. The molecule has 1 unspecified atom stereocenters. The number of benzene rings is 1. The summed E-state index contributed by atoms with van der Waals surface area (Å²) in [6.45, 7) is 1.28. The van der Waals surface area contributed by atoms with Crippen LogP contribution in [0.15, 0.2) is 36.5 Å². The molecule has 0 aliphatic rings. The van der Waals surface area contributed by atoms with Gasteiger partial charge in [-0.1, -0.05) is 24.3 Å². The van der Waals surface area contributed by atoms with Gasteiger partial charge in [-0.25, -0.2) is 13.1 Å². The minimum atomic E-state index is -3.85. The number of rotatable bonds is 6. The van der Waals surface area contributed by atoms with Crippen LogP contribution in [0.1, 0.15) is 12.5 Å². The van der Waals surface area contributed by atoms with E-state index in [1.54, 1.807) is 6.20 Å². The van der Waals surface area contributed by atoms with Crippen molar-refractivity contribution in [2.24, 2.45) is 0 Å². The molecule has 2 aromatic rings. The molecule has 0 saturated carbocycles. The van der Waals surface area contributed by atoms with Gasteiger partial charge in [0.2, 0.25) is 10.0 Å². The Morgan fingerprint density at radius 2 is 2.05 bits per heavy atom. The van der Waals surface area contributed by atoms with Crippen LogP contribution in [0.5, 0.6) is 0 Å². The molecule has 1 aromatic heterocycles. The van der Waals surface area contributed by atoms with Crippen LogP contribution in [0.25, 0.3) is 10.9 Å². The number of carboxylic acids is 1. The lowest BCUT2D eigenvalue weighted by molar-refractivity contribution is -0.136.